The van der Waals surface area contributed by atoms with E-state index in [0.29, 0.717) is 11.4 Å². The first-order valence-corrected chi connectivity index (χ1v) is 9.53. The maximum Gasteiger partial charge on any atom is 0.416 e. The van der Waals surface area contributed by atoms with Crippen LogP contribution in [0.5, 0.6) is 0 Å². The Morgan fingerprint density at radius 3 is 2.50 bits per heavy atom. The molecule has 0 bridgehead atoms. The van der Waals surface area contributed by atoms with Crippen molar-refractivity contribution < 1.29 is 22.4 Å². The lowest BCUT2D eigenvalue weighted by molar-refractivity contribution is -0.137. The van der Waals surface area contributed by atoms with Crippen LogP contribution in [0.25, 0.3) is 11.4 Å². The first-order chi connectivity index (χ1) is 14.3. The highest BCUT2D eigenvalue weighted by Gasteiger charge is 2.30. The standard InChI is InChI=1S/C21H18F4N4O/c22-16-10-7-14(19-28-27-18-4-2-1-3-11-29(18)19)12-17(16)26-20(30)13-5-8-15(9-6-13)21(23,24)25/h5-10,12H,1-4,11H2,(H,26,30). The highest BCUT2D eigenvalue weighted by molar-refractivity contribution is 6.04. The number of carbonyl (C=O) groups is 1. The second-order valence-corrected chi connectivity index (χ2v) is 7.13. The maximum absolute atomic E-state index is 14.3. The third-order valence-electron chi connectivity index (χ3n) is 5.06. The number of benzene rings is 2. The number of anilines is 1. The molecule has 4 rings (SSSR count). The van der Waals surface area contributed by atoms with E-state index < -0.39 is 23.5 Å². The lowest BCUT2D eigenvalue weighted by Gasteiger charge is -2.11. The van der Waals surface area contributed by atoms with Crippen LogP contribution >= 0.6 is 0 Å². The molecule has 1 N–H and O–H groups in total. The molecule has 0 spiro atoms. The number of halogens is 4. The molecular formula is C21H18F4N4O. The van der Waals surface area contributed by atoms with Gasteiger partial charge in [0, 0.05) is 24.1 Å². The van der Waals surface area contributed by atoms with Gasteiger partial charge in [0.2, 0.25) is 0 Å². The average molecular weight is 418 g/mol. The highest BCUT2D eigenvalue weighted by atomic mass is 19.4. The first kappa shape index (κ1) is 20.1. The molecule has 30 heavy (non-hydrogen) atoms. The van der Waals surface area contributed by atoms with Crippen molar-refractivity contribution in [2.24, 2.45) is 0 Å². The molecule has 1 aliphatic heterocycles. The summed E-state index contributed by atoms with van der Waals surface area (Å²) in [6.07, 6.45) is -0.537. The second kappa shape index (κ2) is 7.89. The van der Waals surface area contributed by atoms with Crippen molar-refractivity contribution in [3.63, 3.8) is 0 Å². The van der Waals surface area contributed by atoms with E-state index >= 15 is 0 Å². The van der Waals surface area contributed by atoms with Crippen molar-refractivity contribution in [3.05, 3.63) is 65.2 Å². The molecule has 3 aromatic rings. The fourth-order valence-corrected chi connectivity index (χ4v) is 3.46. The fraction of sp³-hybridized carbons (Fsp3) is 0.286. The normalized spacial score (nSPS) is 14.1. The van der Waals surface area contributed by atoms with E-state index in [9.17, 15) is 22.4 Å². The Morgan fingerprint density at radius 2 is 1.77 bits per heavy atom. The van der Waals surface area contributed by atoms with Gasteiger partial charge in [-0.05, 0) is 55.3 Å². The Bertz CT molecular complexity index is 1070. The topological polar surface area (TPSA) is 59.8 Å². The summed E-state index contributed by atoms with van der Waals surface area (Å²) in [5.41, 5.74) is -0.355. The van der Waals surface area contributed by atoms with Crippen LogP contribution in [-0.4, -0.2) is 20.7 Å². The third-order valence-corrected chi connectivity index (χ3v) is 5.06. The number of rotatable bonds is 3. The summed E-state index contributed by atoms with van der Waals surface area (Å²) in [4.78, 5) is 12.4. The Morgan fingerprint density at radius 1 is 1.00 bits per heavy atom. The first-order valence-electron chi connectivity index (χ1n) is 9.53. The van der Waals surface area contributed by atoms with Crippen LogP contribution in [0.15, 0.2) is 42.5 Å². The highest BCUT2D eigenvalue weighted by Crippen LogP contribution is 2.30. The van der Waals surface area contributed by atoms with E-state index in [4.69, 9.17) is 0 Å². The van der Waals surface area contributed by atoms with Crippen LogP contribution in [0.2, 0.25) is 0 Å². The Hall–Kier alpha value is -3.23. The van der Waals surface area contributed by atoms with Gasteiger partial charge in [0.05, 0.1) is 11.3 Å². The van der Waals surface area contributed by atoms with Gasteiger partial charge in [-0.3, -0.25) is 4.79 Å². The van der Waals surface area contributed by atoms with Crippen LogP contribution in [-0.2, 0) is 19.1 Å². The fourth-order valence-electron chi connectivity index (χ4n) is 3.46. The number of hydrogen-bond acceptors (Lipinski definition) is 3. The van der Waals surface area contributed by atoms with Crippen LogP contribution < -0.4 is 5.32 Å². The zero-order chi connectivity index (χ0) is 21.3. The maximum atomic E-state index is 14.3. The number of alkyl halides is 3. The average Bonchev–Trinajstić information content (AvgIpc) is 2.97. The summed E-state index contributed by atoms with van der Waals surface area (Å²) >= 11 is 0. The smallest absolute Gasteiger partial charge is 0.319 e. The summed E-state index contributed by atoms with van der Waals surface area (Å²) < 4.78 is 54.4. The number of hydrogen-bond donors (Lipinski definition) is 1. The molecule has 0 aliphatic carbocycles. The predicted molar refractivity (Wildman–Crippen MR) is 102 cm³/mol. The number of nitrogens with one attached hydrogen (secondary N) is 1. The lowest BCUT2D eigenvalue weighted by Crippen LogP contribution is -2.14. The lowest BCUT2D eigenvalue weighted by atomic mass is 10.1. The van der Waals surface area contributed by atoms with Gasteiger partial charge in [-0.1, -0.05) is 6.42 Å². The molecule has 2 heterocycles. The summed E-state index contributed by atoms with van der Waals surface area (Å²) in [7, 11) is 0. The largest absolute Gasteiger partial charge is 0.416 e. The molecule has 0 saturated carbocycles. The van der Waals surface area contributed by atoms with Crippen molar-refractivity contribution in [2.75, 3.05) is 5.32 Å². The quantitative estimate of drug-likeness (QED) is 0.604. The molecule has 1 aliphatic rings. The summed E-state index contributed by atoms with van der Waals surface area (Å²) in [5.74, 6) is 0.105. The van der Waals surface area contributed by atoms with Gasteiger partial charge < -0.3 is 9.88 Å². The zero-order valence-corrected chi connectivity index (χ0v) is 15.8. The SMILES string of the molecule is O=C(Nc1cc(-c2nnc3n2CCCCC3)ccc1F)c1ccc(C(F)(F)F)cc1. The van der Waals surface area contributed by atoms with Crippen molar-refractivity contribution in [1.29, 1.82) is 0 Å². The summed E-state index contributed by atoms with van der Waals surface area (Å²) in [5, 5.41) is 10.9. The van der Waals surface area contributed by atoms with Crippen LogP contribution in [0.3, 0.4) is 0 Å². The van der Waals surface area contributed by atoms with Crippen molar-refractivity contribution in [1.82, 2.24) is 14.8 Å². The number of carbonyl (C=O) groups excluding carboxylic acids is 1. The van der Waals surface area contributed by atoms with E-state index in [-0.39, 0.29) is 11.3 Å². The van der Waals surface area contributed by atoms with Crippen molar-refractivity contribution in [3.8, 4) is 11.4 Å². The van der Waals surface area contributed by atoms with Gasteiger partial charge in [-0.25, -0.2) is 4.39 Å². The Balaban J connectivity index is 1.58. The molecule has 9 heteroatoms. The van der Waals surface area contributed by atoms with E-state index in [0.717, 1.165) is 62.3 Å². The minimum absolute atomic E-state index is 0.0100. The molecule has 0 saturated heterocycles. The number of fused-ring (bicyclic) bond motifs is 1. The number of amides is 1. The van der Waals surface area contributed by atoms with Crippen LogP contribution in [0.4, 0.5) is 23.2 Å². The molecule has 0 fully saturated rings. The Labute approximate surface area is 169 Å². The molecule has 2 aromatic carbocycles. The molecule has 1 amide bonds. The number of nitrogens with zero attached hydrogens (tertiary/aromatic N) is 3. The number of aryl methyl sites for hydroxylation is 1. The van der Waals surface area contributed by atoms with Crippen LogP contribution in [0, 0.1) is 5.82 Å². The molecule has 5 nitrogen and oxygen atoms in total. The van der Waals surface area contributed by atoms with Crippen molar-refractivity contribution >= 4 is 11.6 Å². The van der Waals surface area contributed by atoms with Gasteiger partial charge in [0.1, 0.15) is 11.6 Å². The van der Waals surface area contributed by atoms with Crippen molar-refractivity contribution in [2.45, 2.75) is 38.4 Å². The van der Waals surface area contributed by atoms with E-state index in [1.165, 1.54) is 12.1 Å². The minimum atomic E-state index is -4.49. The van der Waals surface area contributed by atoms with E-state index in [1.807, 2.05) is 4.57 Å². The zero-order valence-electron chi connectivity index (χ0n) is 15.8. The van der Waals surface area contributed by atoms with E-state index in [2.05, 4.69) is 15.5 Å². The molecule has 156 valence electrons. The van der Waals surface area contributed by atoms with E-state index in [1.54, 1.807) is 6.07 Å². The monoisotopic (exact) mass is 418 g/mol. The Kier molecular flexibility index (Phi) is 5.27. The van der Waals surface area contributed by atoms with Crippen LogP contribution in [0.1, 0.15) is 41.0 Å². The van der Waals surface area contributed by atoms with Gasteiger partial charge in [0.25, 0.3) is 5.91 Å². The third kappa shape index (κ3) is 4.05. The molecule has 0 radical (unpaired) electrons. The van der Waals surface area contributed by atoms with Gasteiger partial charge in [0.15, 0.2) is 5.82 Å². The minimum Gasteiger partial charge on any atom is -0.319 e. The van der Waals surface area contributed by atoms with Gasteiger partial charge in [-0.15, -0.1) is 10.2 Å². The summed E-state index contributed by atoms with van der Waals surface area (Å²) in [6.45, 7) is 0.766. The molecule has 0 atom stereocenters. The number of aromatic nitrogens is 3. The summed E-state index contributed by atoms with van der Waals surface area (Å²) in [6, 6.07) is 7.97. The molecule has 0 unspecified atom stereocenters. The molecular weight excluding hydrogens is 400 g/mol. The van der Waals surface area contributed by atoms with Gasteiger partial charge in [-0.2, -0.15) is 13.2 Å². The van der Waals surface area contributed by atoms with Gasteiger partial charge >= 0.3 is 6.18 Å². The molecule has 1 aromatic heterocycles. The second-order valence-electron chi connectivity index (χ2n) is 7.13. The predicted octanol–water partition coefficient (Wildman–Crippen LogP) is 5.08.